The summed E-state index contributed by atoms with van der Waals surface area (Å²) in [7, 11) is 0. The molecule has 2 rings (SSSR count). The Kier molecular flexibility index (Phi) is 3.82. The van der Waals surface area contributed by atoms with E-state index in [2.05, 4.69) is 10.3 Å². The Labute approximate surface area is 109 Å². The zero-order chi connectivity index (χ0) is 13.8. The quantitative estimate of drug-likeness (QED) is 0.780. The molecule has 1 heterocycles. The number of furan rings is 1. The predicted octanol–water partition coefficient (Wildman–Crippen LogP) is 0.817. The third-order valence-corrected chi connectivity index (χ3v) is 2.56. The number of primary amides is 1. The van der Waals surface area contributed by atoms with Crippen LogP contribution in [-0.2, 0) is 20.8 Å². The second-order valence-corrected chi connectivity index (χ2v) is 4.22. The van der Waals surface area contributed by atoms with Crippen LogP contribution >= 0.6 is 0 Å². The highest BCUT2D eigenvalue weighted by atomic mass is 16.7. The molecule has 0 bridgehead atoms. The zero-order valence-electron chi connectivity index (χ0n) is 10.4. The maximum atomic E-state index is 11.6. The SMILES string of the molecule is Cc1ccc2c(CC(=O)NOCC(N)=O)coc2c1. The maximum Gasteiger partial charge on any atom is 0.248 e. The lowest BCUT2D eigenvalue weighted by Gasteiger charge is -2.03. The number of carbonyl (C=O) groups is 2. The van der Waals surface area contributed by atoms with E-state index >= 15 is 0 Å². The first-order chi connectivity index (χ1) is 9.06. The summed E-state index contributed by atoms with van der Waals surface area (Å²) >= 11 is 0. The lowest BCUT2D eigenvalue weighted by Crippen LogP contribution is -2.30. The summed E-state index contributed by atoms with van der Waals surface area (Å²) < 4.78 is 5.38. The van der Waals surface area contributed by atoms with Gasteiger partial charge in [-0.25, -0.2) is 5.48 Å². The summed E-state index contributed by atoms with van der Waals surface area (Å²) in [6.45, 7) is 1.61. The monoisotopic (exact) mass is 262 g/mol. The predicted molar refractivity (Wildman–Crippen MR) is 67.9 cm³/mol. The van der Waals surface area contributed by atoms with Gasteiger partial charge in [-0.1, -0.05) is 12.1 Å². The van der Waals surface area contributed by atoms with Gasteiger partial charge in [0.1, 0.15) is 5.58 Å². The van der Waals surface area contributed by atoms with Crippen LogP contribution in [0.1, 0.15) is 11.1 Å². The summed E-state index contributed by atoms with van der Waals surface area (Å²) in [5.74, 6) is -1.02. The van der Waals surface area contributed by atoms with Crippen molar-refractivity contribution >= 4 is 22.8 Å². The average molecular weight is 262 g/mol. The standard InChI is InChI=1S/C13H14N2O4/c1-8-2-3-10-9(6-18-11(10)4-8)5-13(17)15-19-7-12(14)16/h2-4,6H,5,7H2,1H3,(H2,14,16)(H,15,17). The van der Waals surface area contributed by atoms with E-state index in [1.54, 1.807) is 0 Å². The van der Waals surface area contributed by atoms with Crippen LogP contribution in [0, 0.1) is 6.92 Å². The maximum absolute atomic E-state index is 11.6. The van der Waals surface area contributed by atoms with Crippen molar-refractivity contribution in [2.24, 2.45) is 5.73 Å². The average Bonchev–Trinajstić information content (AvgIpc) is 2.71. The van der Waals surface area contributed by atoms with E-state index in [4.69, 9.17) is 10.2 Å². The van der Waals surface area contributed by atoms with Crippen molar-refractivity contribution in [3.8, 4) is 0 Å². The fourth-order valence-corrected chi connectivity index (χ4v) is 1.72. The van der Waals surface area contributed by atoms with Crippen LogP contribution in [-0.4, -0.2) is 18.4 Å². The lowest BCUT2D eigenvalue weighted by atomic mass is 10.1. The summed E-state index contributed by atoms with van der Waals surface area (Å²) in [6, 6.07) is 5.75. The molecule has 0 saturated heterocycles. The van der Waals surface area contributed by atoms with Crippen LogP contribution in [0.25, 0.3) is 11.0 Å². The van der Waals surface area contributed by atoms with Gasteiger partial charge in [0.2, 0.25) is 11.8 Å². The van der Waals surface area contributed by atoms with Gasteiger partial charge in [-0.05, 0) is 18.6 Å². The third-order valence-electron chi connectivity index (χ3n) is 2.56. The van der Waals surface area contributed by atoms with E-state index in [0.29, 0.717) is 0 Å². The molecule has 1 aromatic heterocycles. The first kappa shape index (κ1) is 13.1. The van der Waals surface area contributed by atoms with Crippen LogP contribution in [0.2, 0.25) is 0 Å². The normalized spacial score (nSPS) is 10.6. The highest BCUT2D eigenvalue weighted by Crippen LogP contribution is 2.22. The van der Waals surface area contributed by atoms with E-state index in [0.717, 1.165) is 22.1 Å². The van der Waals surface area contributed by atoms with E-state index < -0.39 is 5.91 Å². The van der Waals surface area contributed by atoms with Crippen molar-refractivity contribution in [1.29, 1.82) is 0 Å². The fourth-order valence-electron chi connectivity index (χ4n) is 1.72. The van der Waals surface area contributed by atoms with Gasteiger partial charge in [0.15, 0.2) is 6.61 Å². The largest absolute Gasteiger partial charge is 0.464 e. The second kappa shape index (κ2) is 5.53. The van der Waals surface area contributed by atoms with Crippen molar-refractivity contribution in [2.75, 3.05) is 6.61 Å². The summed E-state index contributed by atoms with van der Waals surface area (Å²) in [4.78, 5) is 26.6. The Hall–Kier alpha value is -2.34. The van der Waals surface area contributed by atoms with Gasteiger partial charge in [0, 0.05) is 10.9 Å². The van der Waals surface area contributed by atoms with E-state index in [9.17, 15) is 9.59 Å². The first-order valence-electron chi connectivity index (χ1n) is 5.72. The van der Waals surface area contributed by atoms with Crippen LogP contribution in [0.4, 0.5) is 0 Å². The molecule has 0 unspecified atom stereocenters. The molecule has 2 aromatic rings. The molecular weight excluding hydrogens is 248 g/mol. The smallest absolute Gasteiger partial charge is 0.248 e. The molecule has 0 atom stereocenters. The molecular formula is C13H14N2O4. The van der Waals surface area contributed by atoms with Crippen LogP contribution in [0.15, 0.2) is 28.9 Å². The topological polar surface area (TPSA) is 94.6 Å². The van der Waals surface area contributed by atoms with Crippen LogP contribution < -0.4 is 11.2 Å². The Morgan fingerprint density at radius 2 is 2.21 bits per heavy atom. The minimum absolute atomic E-state index is 0.106. The van der Waals surface area contributed by atoms with E-state index in [1.807, 2.05) is 25.1 Å². The van der Waals surface area contributed by atoms with Crippen molar-refractivity contribution in [1.82, 2.24) is 5.48 Å². The number of hydroxylamine groups is 1. The number of aryl methyl sites for hydroxylation is 1. The van der Waals surface area contributed by atoms with Gasteiger partial charge in [-0.3, -0.25) is 14.4 Å². The Morgan fingerprint density at radius 3 is 2.95 bits per heavy atom. The molecule has 6 heteroatoms. The van der Waals surface area contributed by atoms with Gasteiger partial charge in [-0.15, -0.1) is 0 Å². The Balaban J connectivity index is 2.01. The van der Waals surface area contributed by atoms with Gasteiger partial charge in [-0.2, -0.15) is 0 Å². The number of amides is 2. The molecule has 1 aromatic carbocycles. The zero-order valence-corrected chi connectivity index (χ0v) is 10.4. The van der Waals surface area contributed by atoms with Gasteiger partial charge >= 0.3 is 0 Å². The minimum atomic E-state index is -0.649. The van der Waals surface area contributed by atoms with E-state index in [-0.39, 0.29) is 18.9 Å². The molecule has 0 saturated carbocycles. The number of nitrogens with one attached hydrogen (secondary N) is 1. The number of carbonyl (C=O) groups excluding carboxylic acids is 2. The Morgan fingerprint density at radius 1 is 1.42 bits per heavy atom. The molecule has 0 radical (unpaired) electrons. The fraction of sp³-hybridized carbons (Fsp3) is 0.231. The van der Waals surface area contributed by atoms with E-state index in [1.165, 1.54) is 6.26 Å². The van der Waals surface area contributed by atoms with Crippen LogP contribution in [0.3, 0.4) is 0 Å². The van der Waals surface area contributed by atoms with Crippen molar-refractivity contribution < 1.29 is 18.8 Å². The number of hydrogen-bond donors (Lipinski definition) is 2. The number of benzene rings is 1. The minimum Gasteiger partial charge on any atom is -0.464 e. The molecule has 0 aliphatic rings. The first-order valence-corrected chi connectivity index (χ1v) is 5.72. The number of nitrogens with two attached hydrogens (primary N) is 1. The molecule has 0 spiro atoms. The van der Waals surface area contributed by atoms with Crippen molar-refractivity contribution in [3.05, 3.63) is 35.6 Å². The Bertz CT molecular complexity index is 618. The lowest BCUT2D eigenvalue weighted by molar-refractivity contribution is -0.137. The molecule has 0 aliphatic carbocycles. The number of rotatable bonds is 5. The van der Waals surface area contributed by atoms with Crippen molar-refractivity contribution in [2.45, 2.75) is 13.3 Å². The molecule has 3 N–H and O–H groups in total. The third kappa shape index (κ3) is 3.32. The highest BCUT2D eigenvalue weighted by molar-refractivity contribution is 5.87. The molecule has 0 aliphatic heterocycles. The van der Waals surface area contributed by atoms with Gasteiger partial charge in [0.05, 0.1) is 12.7 Å². The molecule has 0 fully saturated rings. The number of fused-ring (bicyclic) bond motifs is 1. The number of hydrogen-bond acceptors (Lipinski definition) is 4. The van der Waals surface area contributed by atoms with Gasteiger partial charge < -0.3 is 10.2 Å². The summed E-state index contributed by atoms with van der Waals surface area (Å²) in [5.41, 5.74) is 9.60. The van der Waals surface area contributed by atoms with Crippen molar-refractivity contribution in [3.63, 3.8) is 0 Å². The molecule has 2 amide bonds. The van der Waals surface area contributed by atoms with Gasteiger partial charge in [0.25, 0.3) is 0 Å². The summed E-state index contributed by atoms with van der Waals surface area (Å²) in [6.07, 6.45) is 1.65. The molecule has 19 heavy (non-hydrogen) atoms. The second-order valence-electron chi connectivity index (χ2n) is 4.22. The molecule has 100 valence electrons. The molecule has 6 nitrogen and oxygen atoms in total. The summed E-state index contributed by atoms with van der Waals surface area (Å²) in [5, 5.41) is 0.885. The van der Waals surface area contributed by atoms with Crippen LogP contribution in [0.5, 0.6) is 0 Å². The highest BCUT2D eigenvalue weighted by Gasteiger charge is 2.10.